The Kier molecular flexibility index (Phi) is 4.93. The number of halogens is 4. The lowest BCUT2D eigenvalue weighted by Crippen LogP contribution is -2.62. The van der Waals surface area contributed by atoms with Crippen LogP contribution in [0, 0.1) is 5.82 Å². The molecule has 1 aliphatic heterocycles. The number of nitrogens with one attached hydrogen (secondary N) is 1. The molecule has 1 aliphatic rings. The zero-order chi connectivity index (χ0) is 20.5. The van der Waals surface area contributed by atoms with Crippen molar-refractivity contribution in [3.63, 3.8) is 0 Å². The summed E-state index contributed by atoms with van der Waals surface area (Å²) in [4.78, 5) is 28.8. The van der Waals surface area contributed by atoms with Crippen molar-refractivity contribution in [2.75, 3.05) is 0 Å². The molecule has 9 heteroatoms. The second-order valence-electron chi connectivity index (χ2n) is 6.21. The van der Waals surface area contributed by atoms with Crippen LogP contribution in [-0.4, -0.2) is 34.4 Å². The highest BCUT2D eigenvalue weighted by Gasteiger charge is 2.66. The van der Waals surface area contributed by atoms with Crippen molar-refractivity contribution in [3.05, 3.63) is 71.5 Å². The molecule has 28 heavy (non-hydrogen) atoms. The fourth-order valence-electron chi connectivity index (χ4n) is 2.88. The van der Waals surface area contributed by atoms with Crippen LogP contribution < -0.4 is 5.32 Å². The lowest BCUT2D eigenvalue weighted by molar-refractivity contribution is -0.200. The first-order chi connectivity index (χ1) is 13.1. The molecule has 2 aromatic rings. The molecule has 146 valence electrons. The Labute approximate surface area is 157 Å². The average molecular weight is 393 g/mol. The van der Waals surface area contributed by atoms with Gasteiger partial charge in [-0.2, -0.15) is 13.2 Å². The Balaban J connectivity index is 2.12. The quantitative estimate of drug-likeness (QED) is 0.812. The number of hydrogen-bond acceptors (Lipinski definition) is 3. The number of nitrogens with zero attached hydrogens (tertiary/aromatic N) is 2. The van der Waals surface area contributed by atoms with E-state index in [9.17, 15) is 27.2 Å². The number of amides is 2. The van der Waals surface area contributed by atoms with Gasteiger partial charge in [-0.15, -0.1) is 0 Å². The van der Waals surface area contributed by atoms with E-state index in [4.69, 9.17) is 0 Å². The predicted molar refractivity (Wildman–Crippen MR) is 92.5 cm³/mol. The third-order valence-corrected chi connectivity index (χ3v) is 4.14. The molecule has 2 amide bonds. The van der Waals surface area contributed by atoms with Gasteiger partial charge >= 0.3 is 11.8 Å². The van der Waals surface area contributed by atoms with Crippen LogP contribution >= 0.6 is 0 Å². The normalized spacial score (nSPS) is 19.5. The molecule has 0 fully saturated rings. The summed E-state index contributed by atoms with van der Waals surface area (Å²) >= 11 is 0. The summed E-state index contributed by atoms with van der Waals surface area (Å²) in [7, 11) is 0. The highest BCUT2D eigenvalue weighted by Crippen LogP contribution is 2.38. The monoisotopic (exact) mass is 393 g/mol. The number of benzene rings is 2. The summed E-state index contributed by atoms with van der Waals surface area (Å²) in [6.07, 6.45) is -5.16. The molecule has 1 atom stereocenters. The second-order valence-corrected chi connectivity index (χ2v) is 6.21. The molecule has 0 bridgehead atoms. The molecule has 1 N–H and O–H groups in total. The maximum absolute atomic E-state index is 13.9. The van der Waals surface area contributed by atoms with Gasteiger partial charge in [-0.05, 0) is 17.7 Å². The van der Waals surface area contributed by atoms with E-state index in [2.05, 4.69) is 4.99 Å². The highest BCUT2D eigenvalue weighted by atomic mass is 19.4. The van der Waals surface area contributed by atoms with Crippen molar-refractivity contribution in [3.8, 4) is 0 Å². The lowest BCUT2D eigenvalue weighted by Gasteiger charge is -2.28. The zero-order valence-corrected chi connectivity index (χ0v) is 14.6. The minimum atomic E-state index is -5.16. The van der Waals surface area contributed by atoms with E-state index in [0.29, 0.717) is 5.56 Å². The van der Waals surface area contributed by atoms with Crippen molar-refractivity contribution >= 4 is 17.6 Å². The van der Waals surface area contributed by atoms with Crippen LogP contribution in [0.25, 0.3) is 0 Å². The molecule has 1 heterocycles. The van der Waals surface area contributed by atoms with Gasteiger partial charge in [0.15, 0.2) is 0 Å². The summed E-state index contributed by atoms with van der Waals surface area (Å²) in [5.74, 6) is -3.24. The second kappa shape index (κ2) is 7.06. The topological polar surface area (TPSA) is 61.8 Å². The summed E-state index contributed by atoms with van der Waals surface area (Å²) in [6, 6.07) is 12.8. The Morgan fingerprint density at radius 2 is 1.71 bits per heavy atom. The zero-order valence-electron chi connectivity index (χ0n) is 14.6. The number of alkyl halides is 3. The number of carbonyl (C=O) groups excluding carboxylic acids is 2. The minimum Gasteiger partial charge on any atom is -0.317 e. The van der Waals surface area contributed by atoms with Gasteiger partial charge in [-0.1, -0.05) is 42.5 Å². The molecule has 0 saturated carbocycles. The van der Waals surface area contributed by atoms with E-state index in [1.807, 2.05) is 0 Å². The number of hydrogen-bond donors (Lipinski definition) is 1. The molecular weight excluding hydrogens is 378 g/mol. The Morgan fingerprint density at radius 1 is 1.11 bits per heavy atom. The van der Waals surface area contributed by atoms with Gasteiger partial charge in [-0.25, -0.2) is 9.38 Å². The van der Waals surface area contributed by atoms with Crippen LogP contribution in [0.5, 0.6) is 0 Å². The third-order valence-electron chi connectivity index (χ3n) is 4.14. The Bertz CT molecular complexity index is 926. The number of carbonyl (C=O) groups is 2. The lowest BCUT2D eigenvalue weighted by atomic mass is 10.1. The molecule has 0 unspecified atom stereocenters. The summed E-state index contributed by atoms with van der Waals surface area (Å²) in [5, 5.41) is 1.67. The largest absolute Gasteiger partial charge is 0.442 e. The van der Waals surface area contributed by atoms with Gasteiger partial charge < -0.3 is 5.32 Å². The van der Waals surface area contributed by atoms with E-state index in [1.54, 1.807) is 23.5 Å². The highest BCUT2D eigenvalue weighted by molar-refractivity contribution is 6.16. The summed E-state index contributed by atoms with van der Waals surface area (Å²) in [5.41, 5.74) is -2.74. The van der Waals surface area contributed by atoms with Crippen LogP contribution in [0.15, 0.2) is 59.6 Å². The van der Waals surface area contributed by atoms with E-state index in [0.717, 1.165) is 24.0 Å². The predicted octanol–water partition coefficient (Wildman–Crippen LogP) is 3.01. The fourth-order valence-corrected chi connectivity index (χ4v) is 2.88. The van der Waals surface area contributed by atoms with Crippen molar-refractivity contribution in [1.82, 2.24) is 10.2 Å². The van der Waals surface area contributed by atoms with E-state index < -0.39 is 29.5 Å². The fraction of sp³-hybridized carbons (Fsp3) is 0.211. The molecule has 0 aliphatic carbocycles. The first kappa shape index (κ1) is 19.5. The smallest absolute Gasteiger partial charge is 0.317 e. The molecule has 2 aromatic carbocycles. The van der Waals surface area contributed by atoms with Gasteiger partial charge in [0.25, 0.3) is 5.91 Å². The van der Waals surface area contributed by atoms with Gasteiger partial charge in [0, 0.05) is 12.5 Å². The maximum atomic E-state index is 13.9. The van der Waals surface area contributed by atoms with Crippen LogP contribution in [-0.2, 0) is 16.1 Å². The number of aliphatic imine (C=N–C) groups is 1. The first-order valence-corrected chi connectivity index (χ1v) is 8.21. The molecule has 5 nitrogen and oxygen atoms in total. The van der Waals surface area contributed by atoms with Crippen LogP contribution in [0.4, 0.5) is 17.6 Å². The Hall–Kier alpha value is -3.23. The van der Waals surface area contributed by atoms with Gasteiger partial charge in [0.05, 0.1) is 6.54 Å². The van der Waals surface area contributed by atoms with Crippen molar-refractivity contribution in [2.45, 2.75) is 25.3 Å². The molecule has 0 saturated heterocycles. The number of rotatable bonds is 4. The average Bonchev–Trinajstić information content (AvgIpc) is 2.91. The summed E-state index contributed by atoms with van der Waals surface area (Å²) < 4.78 is 54.7. The standard InChI is InChI=1S/C19H15F4N3O2/c1-12(27)24-18(19(21,22)23)17(28)26(11-13-7-9-15(20)10-8-13)16(25-18)14-5-3-2-4-6-14/h2-10H,11H2,1H3,(H,24,27)/t18-/m0/s1. The molecule has 0 aromatic heterocycles. The molecular formula is C19H15F4N3O2. The van der Waals surface area contributed by atoms with Gasteiger partial charge in [-0.3, -0.25) is 14.5 Å². The third kappa shape index (κ3) is 3.47. The summed E-state index contributed by atoms with van der Waals surface area (Å²) in [6.45, 7) is 0.603. The van der Waals surface area contributed by atoms with E-state index in [-0.39, 0.29) is 17.9 Å². The van der Waals surface area contributed by atoms with Crippen molar-refractivity contribution in [1.29, 1.82) is 0 Å². The van der Waals surface area contributed by atoms with E-state index in [1.165, 1.54) is 24.3 Å². The Morgan fingerprint density at radius 3 is 2.25 bits per heavy atom. The van der Waals surface area contributed by atoms with Crippen LogP contribution in [0.2, 0.25) is 0 Å². The van der Waals surface area contributed by atoms with E-state index >= 15 is 0 Å². The van der Waals surface area contributed by atoms with Gasteiger partial charge in [0.2, 0.25) is 5.91 Å². The first-order valence-electron chi connectivity index (χ1n) is 8.21. The van der Waals surface area contributed by atoms with Crippen molar-refractivity contribution in [2.24, 2.45) is 4.99 Å². The SMILES string of the molecule is CC(=O)N[C@]1(C(F)(F)F)N=C(c2ccccc2)N(Cc2ccc(F)cc2)C1=O. The number of amidine groups is 1. The van der Waals surface area contributed by atoms with Crippen LogP contribution in [0.3, 0.4) is 0 Å². The maximum Gasteiger partial charge on any atom is 0.442 e. The van der Waals surface area contributed by atoms with Gasteiger partial charge in [0.1, 0.15) is 11.7 Å². The molecule has 0 radical (unpaired) electrons. The minimum absolute atomic E-state index is 0.235. The molecule has 3 rings (SSSR count). The van der Waals surface area contributed by atoms with Crippen LogP contribution in [0.1, 0.15) is 18.1 Å². The van der Waals surface area contributed by atoms with Crippen molar-refractivity contribution < 1.29 is 27.2 Å². The molecule has 0 spiro atoms.